The van der Waals surface area contributed by atoms with Crippen LogP contribution in [0, 0.1) is 0 Å². The first-order chi connectivity index (χ1) is 6.79. The molecule has 1 rings (SSSR count). The standard InChI is InChI=1S/C7H8F2NO4P/c8-7(9)5-3-4(10)1-2-6(5)14-15(11,12)13/h1-3,7H,10H2,(H2,11,12,13). The molecule has 0 aliphatic carbocycles. The highest BCUT2D eigenvalue weighted by atomic mass is 31.2. The topological polar surface area (TPSA) is 92.8 Å². The quantitative estimate of drug-likeness (QED) is 0.551. The number of anilines is 1. The van der Waals surface area contributed by atoms with Gasteiger partial charge in [0.1, 0.15) is 5.75 Å². The van der Waals surface area contributed by atoms with Gasteiger partial charge in [0.15, 0.2) is 0 Å². The normalized spacial score (nSPS) is 11.8. The third-order valence-electron chi connectivity index (χ3n) is 1.49. The lowest BCUT2D eigenvalue weighted by atomic mass is 10.2. The zero-order chi connectivity index (χ0) is 11.6. The fourth-order valence-corrected chi connectivity index (χ4v) is 1.37. The molecule has 0 bridgehead atoms. The maximum atomic E-state index is 12.4. The predicted octanol–water partition coefficient (Wildman–Crippen LogP) is 1.68. The smallest absolute Gasteiger partial charge is 0.404 e. The zero-order valence-corrected chi connectivity index (χ0v) is 8.20. The number of hydrogen-bond donors (Lipinski definition) is 3. The Balaban J connectivity index is 3.12. The van der Waals surface area contributed by atoms with Gasteiger partial charge in [-0.2, -0.15) is 0 Å². The lowest BCUT2D eigenvalue weighted by Crippen LogP contribution is -1.97. The molecule has 15 heavy (non-hydrogen) atoms. The van der Waals surface area contributed by atoms with Crippen molar-refractivity contribution in [1.29, 1.82) is 0 Å². The predicted molar refractivity (Wildman–Crippen MR) is 48.5 cm³/mol. The first-order valence-corrected chi connectivity index (χ1v) is 5.25. The van der Waals surface area contributed by atoms with Crippen molar-refractivity contribution in [2.75, 3.05) is 5.73 Å². The van der Waals surface area contributed by atoms with E-state index in [1.165, 1.54) is 6.07 Å². The number of benzene rings is 1. The van der Waals surface area contributed by atoms with Gasteiger partial charge < -0.3 is 10.3 Å². The van der Waals surface area contributed by atoms with Gasteiger partial charge in [-0.25, -0.2) is 13.3 Å². The van der Waals surface area contributed by atoms with Crippen molar-refractivity contribution in [3.8, 4) is 5.75 Å². The van der Waals surface area contributed by atoms with Crippen molar-refractivity contribution in [2.24, 2.45) is 0 Å². The summed E-state index contributed by atoms with van der Waals surface area (Å²) in [6.45, 7) is 0. The number of rotatable bonds is 3. The Morgan fingerprint density at radius 3 is 2.47 bits per heavy atom. The number of halogens is 2. The second-order valence-electron chi connectivity index (χ2n) is 2.68. The van der Waals surface area contributed by atoms with E-state index in [9.17, 15) is 13.3 Å². The summed E-state index contributed by atoms with van der Waals surface area (Å²) in [7, 11) is -4.84. The van der Waals surface area contributed by atoms with Gasteiger partial charge in [0, 0.05) is 5.69 Å². The van der Waals surface area contributed by atoms with Crippen molar-refractivity contribution in [3.05, 3.63) is 23.8 Å². The van der Waals surface area contributed by atoms with Crippen LogP contribution < -0.4 is 10.3 Å². The second kappa shape index (κ2) is 4.14. The SMILES string of the molecule is Nc1ccc(OP(=O)(O)O)c(C(F)F)c1. The van der Waals surface area contributed by atoms with E-state index in [1.807, 2.05) is 0 Å². The maximum Gasteiger partial charge on any atom is 0.524 e. The lowest BCUT2D eigenvalue weighted by Gasteiger charge is -2.11. The summed E-state index contributed by atoms with van der Waals surface area (Å²) in [4.78, 5) is 16.9. The minimum atomic E-state index is -4.84. The molecule has 8 heteroatoms. The molecule has 0 spiro atoms. The van der Waals surface area contributed by atoms with Crippen LogP contribution in [-0.4, -0.2) is 9.79 Å². The molecule has 0 aromatic heterocycles. The fourth-order valence-electron chi connectivity index (χ4n) is 0.949. The minimum Gasteiger partial charge on any atom is -0.404 e. The molecule has 0 saturated heterocycles. The van der Waals surface area contributed by atoms with Crippen molar-refractivity contribution in [1.82, 2.24) is 0 Å². The lowest BCUT2D eigenvalue weighted by molar-refractivity contribution is 0.148. The van der Waals surface area contributed by atoms with E-state index in [1.54, 1.807) is 0 Å². The van der Waals surface area contributed by atoms with Crippen LogP contribution in [0.15, 0.2) is 18.2 Å². The molecule has 0 fully saturated rings. The van der Waals surface area contributed by atoms with E-state index in [-0.39, 0.29) is 5.69 Å². The number of nitrogens with two attached hydrogens (primary N) is 1. The van der Waals surface area contributed by atoms with Crippen LogP contribution in [-0.2, 0) is 4.57 Å². The van der Waals surface area contributed by atoms with E-state index in [0.29, 0.717) is 0 Å². The molecule has 0 aliphatic rings. The van der Waals surface area contributed by atoms with Crippen molar-refractivity contribution < 1.29 is 27.7 Å². The summed E-state index contributed by atoms with van der Waals surface area (Å²) in [6.07, 6.45) is -2.92. The Bertz CT molecular complexity index is 406. The molecule has 0 heterocycles. The molecule has 0 amide bonds. The van der Waals surface area contributed by atoms with E-state index < -0.39 is 25.6 Å². The molecule has 0 unspecified atom stereocenters. The van der Waals surface area contributed by atoms with E-state index in [0.717, 1.165) is 12.1 Å². The van der Waals surface area contributed by atoms with Gasteiger partial charge >= 0.3 is 7.82 Å². The molecular formula is C7H8F2NO4P. The van der Waals surface area contributed by atoms with Crippen LogP contribution in [0.2, 0.25) is 0 Å². The summed E-state index contributed by atoms with van der Waals surface area (Å²) in [6, 6.07) is 3.09. The van der Waals surface area contributed by atoms with Crippen molar-refractivity contribution in [2.45, 2.75) is 6.43 Å². The van der Waals surface area contributed by atoms with E-state index in [4.69, 9.17) is 15.5 Å². The van der Waals surface area contributed by atoms with Crippen molar-refractivity contribution >= 4 is 13.5 Å². The molecular weight excluding hydrogens is 231 g/mol. The Kier molecular flexibility index (Phi) is 3.28. The summed E-state index contributed by atoms with van der Waals surface area (Å²) in [5.41, 5.74) is 4.65. The molecule has 0 aliphatic heterocycles. The number of alkyl halides is 2. The Hall–Kier alpha value is -1.17. The zero-order valence-electron chi connectivity index (χ0n) is 7.30. The number of phosphoric acid groups is 1. The first-order valence-electron chi connectivity index (χ1n) is 3.72. The fraction of sp³-hybridized carbons (Fsp3) is 0.143. The average molecular weight is 239 g/mol. The van der Waals surface area contributed by atoms with Crippen LogP contribution in [0.3, 0.4) is 0 Å². The van der Waals surface area contributed by atoms with Crippen molar-refractivity contribution in [3.63, 3.8) is 0 Å². The van der Waals surface area contributed by atoms with Gasteiger partial charge in [0.25, 0.3) is 6.43 Å². The monoisotopic (exact) mass is 239 g/mol. The largest absolute Gasteiger partial charge is 0.524 e. The minimum absolute atomic E-state index is 0.0587. The molecule has 84 valence electrons. The second-order valence-corrected chi connectivity index (χ2v) is 3.84. The highest BCUT2D eigenvalue weighted by molar-refractivity contribution is 7.46. The summed E-state index contributed by atoms with van der Waals surface area (Å²) >= 11 is 0. The summed E-state index contributed by atoms with van der Waals surface area (Å²) < 4.78 is 39.3. The molecule has 0 atom stereocenters. The summed E-state index contributed by atoms with van der Waals surface area (Å²) in [5.74, 6) is -0.576. The third kappa shape index (κ3) is 3.47. The number of phosphoric ester groups is 1. The van der Waals surface area contributed by atoms with Crippen LogP contribution >= 0.6 is 7.82 Å². The number of hydrogen-bond acceptors (Lipinski definition) is 3. The van der Waals surface area contributed by atoms with E-state index >= 15 is 0 Å². The van der Waals surface area contributed by atoms with Crippen LogP contribution in [0.5, 0.6) is 5.75 Å². The maximum absolute atomic E-state index is 12.4. The van der Waals surface area contributed by atoms with Crippen LogP contribution in [0.4, 0.5) is 14.5 Å². The molecule has 4 N–H and O–H groups in total. The van der Waals surface area contributed by atoms with E-state index in [2.05, 4.69) is 4.52 Å². The van der Waals surface area contributed by atoms with Crippen LogP contribution in [0.25, 0.3) is 0 Å². The van der Waals surface area contributed by atoms with Gasteiger partial charge in [-0.1, -0.05) is 0 Å². The molecule has 0 radical (unpaired) electrons. The Labute approximate surface area is 83.7 Å². The van der Waals surface area contributed by atoms with Crippen LogP contribution in [0.1, 0.15) is 12.0 Å². The van der Waals surface area contributed by atoms with Gasteiger partial charge in [-0.05, 0) is 18.2 Å². The molecule has 1 aromatic carbocycles. The highest BCUT2D eigenvalue weighted by Crippen LogP contribution is 2.41. The van der Waals surface area contributed by atoms with Gasteiger partial charge in [-0.3, -0.25) is 9.79 Å². The first kappa shape index (κ1) is 11.9. The van der Waals surface area contributed by atoms with Gasteiger partial charge in [0.05, 0.1) is 5.56 Å². The van der Waals surface area contributed by atoms with Gasteiger partial charge in [-0.15, -0.1) is 0 Å². The third-order valence-corrected chi connectivity index (χ3v) is 1.92. The average Bonchev–Trinajstić information content (AvgIpc) is 2.05. The molecule has 5 nitrogen and oxygen atoms in total. The Morgan fingerprint density at radius 1 is 1.40 bits per heavy atom. The molecule has 1 aromatic rings. The highest BCUT2D eigenvalue weighted by Gasteiger charge is 2.22. The Morgan fingerprint density at radius 2 is 2.00 bits per heavy atom. The molecule has 0 saturated carbocycles. The number of nitrogen functional groups attached to an aromatic ring is 1. The van der Waals surface area contributed by atoms with Gasteiger partial charge in [0.2, 0.25) is 0 Å². The summed E-state index contributed by atoms with van der Waals surface area (Å²) in [5, 5.41) is 0.